The van der Waals surface area contributed by atoms with Gasteiger partial charge in [-0.1, -0.05) is 15.9 Å². The lowest BCUT2D eigenvalue weighted by Gasteiger charge is -2.21. The summed E-state index contributed by atoms with van der Waals surface area (Å²) in [6, 6.07) is 4.33. The van der Waals surface area contributed by atoms with Crippen LogP contribution >= 0.6 is 27.7 Å². The van der Waals surface area contributed by atoms with Crippen LogP contribution in [0.2, 0.25) is 0 Å². The van der Waals surface area contributed by atoms with Crippen LogP contribution < -0.4 is 5.32 Å². The van der Waals surface area contributed by atoms with E-state index in [2.05, 4.69) is 21.2 Å². The summed E-state index contributed by atoms with van der Waals surface area (Å²) in [4.78, 5) is 24.4. The van der Waals surface area contributed by atoms with E-state index in [1.807, 2.05) is 19.1 Å². The number of amides is 2. The number of anilines is 1. The number of benzene rings is 1. The number of halogens is 1. The highest BCUT2D eigenvalue weighted by Crippen LogP contribution is 2.24. The van der Waals surface area contributed by atoms with Gasteiger partial charge in [0.25, 0.3) is 0 Å². The lowest BCUT2D eigenvalue weighted by Crippen LogP contribution is -2.43. The maximum Gasteiger partial charge on any atom is 0.327 e. The fourth-order valence-corrected chi connectivity index (χ4v) is 3.16. The fraction of sp³-hybridized carbons (Fsp3) is 0.333. The van der Waals surface area contributed by atoms with E-state index in [1.54, 1.807) is 6.07 Å². The van der Waals surface area contributed by atoms with Gasteiger partial charge < -0.3 is 15.3 Å². The number of nitrogens with zero attached hydrogens (tertiary/aromatic N) is 1. The smallest absolute Gasteiger partial charge is 0.327 e. The van der Waals surface area contributed by atoms with Gasteiger partial charge in [0.2, 0.25) is 0 Å². The minimum Gasteiger partial charge on any atom is -0.480 e. The second-order valence-electron chi connectivity index (χ2n) is 4.22. The highest BCUT2D eigenvalue weighted by atomic mass is 79.9. The number of hydrogen-bond donors (Lipinski definition) is 2. The van der Waals surface area contributed by atoms with Crippen molar-refractivity contribution in [2.75, 3.05) is 16.9 Å². The van der Waals surface area contributed by atoms with E-state index in [-0.39, 0.29) is 6.03 Å². The van der Waals surface area contributed by atoms with Crippen LogP contribution in [0, 0.1) is 6.92 Å². The zero-order valence-electron chi connectivity index (χ0n) is 10.2. The number of urea groups is 1. The van der Waals surface area contributed by atoms with Crippen LogP contribution in [-0.4, -0.2) is 39.7 Å². The summed E-state index contributed by atoms with van der Waals surface area (Å²) in [7, 11) is 0. The number of nitrogens with one attached hydrogen (secondary N) is 1. The summed E-state index contributed by atoms with van der Waals surface area (Å²) in [6.45, 7) is 1.92. The Morgan fingerprint density at radius 2 is 2.26 bits per heavy atom. The Kier molecular flexibility index (Phi) is 4.36. The molecule has 1 unspecified atom stereocenters. The van der Waals surface area contributed by atoms with Gasteiger partial charge in [-0.25, -0.2) is 9.59 Å². The van der Waals surface area contributed by atoms with Crippen LogP contribution in [0.3, 0.4) is 0 Å². The number of carboxylic acid groups (broad SMARTS) is 1. The Hall–Kier alpha value is -1.21. The molecule has 1 saturated heterocycles. The number of thioether (sulfide) groups is 1. The van der Waals surface area contributed by atoms with Gasteiger partial charge in [-0.15, -0.1) is 11.8 Å². The fourth-order valence-electron chi connectivity index (χ4n) is 1.77. The Balaban J connectivity index is 2.08. The lowest BCUT2D eigenvalue weighted by atomic mass is 10.2. The molecule has 0 bridgehead atoms. The molecule has 0 saturated carbocycles. The maximum absolute atomic E-state index is 12.1. The quantitative estimate of drug-likeness (QED) is 0.865. The molecule has 1 aliphatic rings. The molecule has 0 spiro atoms. The number of aryl methyl sites for hydroxylation is 1. The molecule has 7 heteroatoms. The van der Waals surface area contributed by atoms with Crippen LogP contribution in [0.25, 0.3) is 0 Å². The van der Waals surface area contributed by atoms with Crippen molar-refractivity contribution in [2.24, 2.45) is 0 Å². The van der Waals surface area contributed by atoms with Crippen molar-refractivity contribution in [2.45, 2.75) is 13.0 Å². The Labute approximate surface area is 123 Å². The van der Waals surface area contributed by atoms with E-state index in [4.69, 9.17) is 5.11 Å². The average molecular weight is 345 g/mol. The Bertz CT molecular complexity index is 524. The first kappa shape index (κ1) is 14.2. The summed E-state index contributed by atoms with van der Waals surface area (Å²) in [5, 5.41) is 11.8. The van der Waals surface area contributed by atoms with Crippen molar-refractivity contribution in [1.29, 1.82) is 0 Å². The lowest BCUT2D eigenvalue weighted by molar-refractivity contribution is -0.140. The van der Waals surface area contributed by atoms with E-state index in [0.717, 1.165) is 10.0 Å². The summed E-state index contributed by atoms with van der Waals surface area (Å²) in [5.74, 6) is -0.132. The SMILES string of the molecule is Cc1cc(NC(=O)N2CSCC2C(=O)O)ccc1Br. The van der Waals surface area contributed by atoms with E-state index >= 15 is 0 Å². The molecular formula is C12H13BrN2O3S. The molecule has 2 amide bonds. The summed E-state index contributed by atoms with van der Waals surface area (Å²) in [5.41, 5.74) is 1.66. The average Bonchev–Trinajstić information content (AvgIpc) is 2.83. The topological polar surface area (TPSA) is 69.6 Å². The van der Waals surface area contributed by atoms with Crippen molar-refractivity contribution in [1.82, 2.24) is 4.90 Å². The molecule has 0 aliphatic carbocycles. The number of hydrogen-bond acceptors (Lipinski definition) is 3. The summed E-state index contributed by atoms with van der Waals surface area (Å²) >= 11 is 4.83. The normalized spacial score (nSPS) is 18.4. The van der Waals surface area contributed by atoms with Gasteiger partial charge in [-0.05, 0) is 30.7 Å². The first-order chi connectivity index (χ1) is 8.99. The van der Waals surface area contributed by atoms with Gasteiger partial charge in [0.1, 0.15) is 6.04 Å². The zero-order valence-corrected chi connectivity index (χ0v) is 12.6. The van der Waals surface area contributed by atoms with Crippen molar-refractivity contribution in [3.63, 3.8) is 0 Å². The van der Waals surface area contributed by atoms with Gasteiger partial charge >= 0.3 is 12.0 Å². The first-order valence-corrected chi connectivity index (χ1v) is 7.58. The van der Waals surface area contributed by atoms with Crippen LogP contribution in [0.1, 0.15) is 5.56 Å². The molecule has 1 heterocycles. The molecule has 1 aliphatic heterocycles. The van der Waals surface area contributed by atoms with Gasteiger partial charge in [0, 0.05) is 15.9 Å². The van der Waals surface area contributed by atoms with Crippen molar-refractivity contribution >= 4 is 45.4 Å². The molecule has 2 N–H and O–H groups in total. The molecule has 1 atom stereocenters. The van der Waals surface area contributed by atoms with Gasteiger partial charge in [-0.3, -0.25) is 0 Å². The van der Waals surface area contributed by atoms with Gasteiger partial charge in [0.15, 0.2) is 0 Å². The van der Waals surface area contributed by atoms with Crippen LogP contribution in [-0.2, 0) is 4.79 Å². The number of carbonyl (C=O) groups is 2. The third-order valence-electron chi connectivity index (χ3n) is 2.84. The van der Waals surface area contributed by atoms with Crippen LogP contribution in [0.4, 0.5) is 10.5 Å². The predicted octanol–water partition coefficient (Wildman–Crippen LogP) is 2.75. The molecule has 0 radical (unpaired) electrons. The molecule has 1 aromatic carbocycles. The number of rotatable bonds is 2. The van der Waals surface area contributed by atoms with Crippen molar-refractivity contribution < 1.29 is 14.7 Å². The Morgan fingerprint density at radius 3 is 2.89 bits per heavy atom. The molecule has 5 nitrogen and oxygen atoms in total. The van der Waals surface area contributed by atoms with E-state index in [9.17, 15) is 9.59 Å². The van der Waals surface area contributed by atoms with E-state index < -0.39 is 12.0 Å². The highest BCUT2D eigenvalue weighted by Gasteiger charge is 2.34. The van der Waals surface area contributed by atoms with Crippen LogP contribution in [0.15, 0.2) is 22.7 Å². The largest absolute Gasteiger partial charge is 0.480 e. The molecule has 1 aromatic rings. The number of aliphatic carboxylic acids is 1. The van der Waals surface area contributed by atoms with Crippen LogP contribution in [0.5, 0.6) is 0 Å². The molecular weight excluding hydrogens is 332 g/mol. The standard InChI is InChI=1S/C12H13BrN2O3S/c1-7-4-8(2-3-9(7)13)14-12(18)15-6-19-5-10(15)11(16)17/h2-4,10H,5-6H2,1H3,(H,14,18)(H,16,17). The number of carboxylic acids is 1. The van der Waals surface area contributed by atoms with Gasteiger partial charge in [0.05, 0.1) is 5.88 Å². The minimum atomic E-state index is -0.966. The molecule has 1 fully saturated rings. The first-order valence-electron chi connectivity index (χ1n) is 5.63. The Morgan fingerprint density at radius 1 is 1.53 bits per heavy atom. The van der Waals surface area contributed by atoms with E-state index in [0.29, 0.717) is 17.3 Å². The summed E-state index contributed by atoms with van der Waals surface area (Å²) in [6.07, 6.45) is 0. The van der Waals surface area contributed by atoms with E-state index in [1.165, 1.54) is 16.7 Å². The van der Waals surface area contributed by atoms with Gasteiger partial charge in [-0.2, -0.15) is 0 Å². The number of carbonyl (C=O) groups excluding carboxylic acids is 1. The summed E-state index contributed by atoms with van der Waals surface area (Å²) < 4.78 is 0.964. The zero-order chi connectivity index (χ0) is 14.0. The molecule has 19 heavy (non-hydrogen) atoms. The molecule has 102 valence electrons. The van der Waals surface area contributed by atoms with Crippen molar-refractivity contribution in [3.8, 4) is 0 Å². The third kappa shape index (κ3) is 3.22. The third-order valence-corrected chi connectivity index (χ3v) is 4.74. The predicted molar refractivity (Wildman–Crippen MR) is 78.5 cm³/mol. The molecule has 2 rings (SSSR count). The molecule has 0 aromatic heterocycles. The minimum absolute atomic E-state index is 0.376. The highest BCUT2D eigenvalue weighted by molar-refractivity contribution is 9.10. The maximum atomic E-state index is 12.1. The second kappa shape index (κ2) is 5.83. The van der Waals surface area contributed by atoms with Crippen molar-refractivity contribution in [3.05, 3.63) is 28.2 Å². The monoisotopic (exact) mass is 344 g/mol. The second-order valence-corrected chi connectivity index (χ2v) is 6.07.